The minimum absolute atomic E-state index is 0.0311. The second-order valence-corrected chi connectivity index (χ2v) is 11.8. The van der Waals surface area contributed by atoms with Crippen LogP contribution in [0.5, 0.6) is 5.75 Å². The lowest BCUT2D eigenvalue weighted by molar-refractivity contribution is -0.153. The van der Waals surface area contributed by atoms with E-state index in [1.165, 1.54) is 17.2 Å². The minimum atomic E-state index is -2.71. The SMILES string of the molecule is CN(C)[C@H]1C(=O)C(C(N)=O)=C(O)[C@@]2(O)C(=O)C3=C(O)c4c(O)ccc(-c5cccc(C(=O)NCc6ccco6)c5)c4C[C@H]3C[C@@H]12. The number of nitrogens with one attached hydrogen (secondary N) is 1. The van der Waals surface area contributed by atoms with Crippen LogP contribution in [0.4, 0.5) is 0 Å². The molecular formula is C33H31N3O9. The predicted octanol–water partition coefficient (Wildman–Crippen LogP) is 2.15. The number of phenolic OH excluding ortho intramolecular Hbond substituents is 1. The molecule has 3 aliphatic carbocycles. The molecule has 1 aromatic heterocycles. The number of benzene rings is 2. The lowest BCUT2D eigenvalue weighted by atomic mass is 9.57. The van der Waals surface area contributed by atoms with Gasteiger partial charge in [-0.1, -0.05) is 18.2 Å². The Morgan fingerprint density at radius 2 is 1.84 bits per heavy atom. The number of carbonyl (C=O) groups excluding carboxylic acids is 4. The molecule has 3 aliphatic rings. The first kappa shape index (κ1) is 29.9. The second kappa shape index (κ2) is 10.8. The van der Waals surface area contributed by atoms with Crippen molar-refractivity contribution in [2.45, 2.75) is 31.0 Å². The number of hydrogen-bond acceptors (Lipinski definition) is 10. The quantitative estimate of drug-likeness (QED) is 0.224. The van der Waals surface area contributed by atoms with Crippen LogP contribution in [0.2, 0.25) is 0 Å². The van der Waals surface area contributed by atoms with Gasteiger partial charge in [0.25, 0.3) is 11.8 Å². The molecule has 0 aliphatic heterocycles. The average Bonchev–Trinajstić information content (AvgIpc) is 3.51. The van der Waals surface area contributed by atoms with E-state index in [4.69, 9.17) is 10.2 Å². The third kappa shape index (κ3) is 4.52. The van der Waals surface area contributed by atoms with Crippen LogP contribution in [0.25, 0.3) is 16.9 Å². The van der Waals surface area contributed by atoms with Crippen molar-refractivity contribution < 1.29 is 44.0 Å². The first-order valence-corrected chi connectivity index (χ1v) is 14.3. The van der Waals surface area contributed by atoms with Crippen molar-refractivity contribution in [2.75, 3.05) is 14.1 Å². The van der Waals surface area contributed by atoms with E-state index >= 15 is 0 Å². The smallest absolute Gasteiger partial charge is 0.255 e. The van der Waals surface area contributed by atoms with Crippen molar-refractivity contribution in [3.05, 3.63) is 94.2 Å². The maximum Gasteiger partial charge on any atom is 0.255 e. The number of primary amides is 1. The summed E-state index contributed by atoms with van der Waals surface area (Å²) in [6.45, 7) is 0.192. The summed E-state index contributed by atoms with van der Waals surface area (Å²) in [6.07, 6.45) is 1.60. The van der Waals surface area contributed by atoms with E-state index in [1.54, 1.807) is 56.6 Å². The molecule has 6 rings (SSSR count). The Bertz CT molecular complexity index is 1840. The van der Waals surface area contributed by atoms with Gasteiger partial charge in [-0.15, -0.1) is 0 Å². The number of nitrogens with zero attached hydrogens (tertiary/aromatic N) is 1. The van der Waals surface area contributed by atoms with E-state index in [0.29, 0.717) is 28.0 Å². The van der Waals surface area contributed by atoms with Crippen LogP contribution < -0.4 is 11.1 Å². The van der Waals surface area contributed by atoms with Gasteiger partial charge in [-0.2, -0.15) is 0 Å². The zero-order valence-corrected chi connectivity index (χ0v) is 24.4. The molecule has 0 unspecified atom stereocenters. The van der Waals surface area contributed by atoms with Gasteiger partial charge in [-0.05, 0) is 79.9 Å². The van der Waals surface area contributed by atoms with Crippen LogP contribution in [0.15, 0.2) is 76.1 Å². The number of phenols is 1. The van der Waals surface area contributed by atoms with Gasteiger partial charge in [0.05, 0.1) is 24.4 Å². The molecule has 12 heteroatoms. The molecule has 4 atom stereocenters. The second-order valence-electron chi connectivity index (χ2n) is 11.8. The van der Waals surface area contributed by atoms with Crippen molar-refractivity contribution in [1.29, 1.82) is 0 Å². The normalized spacial score (nSPS) is 24.3. The largest absolute Gasteiger partial charge is 0.508 e. The van der Waals surface area contributed by atoms with E-state index in [9.17, 15) is 39.6 Å². The first-order chi connectivity index (χ1) is 21.4. The number of amides is 2. The number of aromatic hydroxyl groups is 1. The maximum absolute atomic E-state index is 14.0. The fourth-order valence-corrected chi connectivity index (χ4v) is 7.03. The van der Waals surface area contributed by atoms with Crippen molar-refractivity contribution in [2.24, 2.45) is 17.6 Å². The lowest BCUT2D eigenvalue weighted by Crippen LogP contribution is -2.65. The molecule has 0 radical (unpaired) electrons. The first-order valence-electron chi connectivity index (χ1n) is 14.3. The summed E-state index contributed by atoms with van der Waals surface area (Å²) in [5, 5.41) is 48.0. The Morgan fingerprint density at radius 3 is 2.51 bits per heavy atom. The Hall–Kier alpha value is -5.20. The Balaban J connectivity index is 1.44. The number of Topliss-reactive ketones (excluding diaryl/α,β-unsaturated/α-hetero) is 2. The maximum atomic E-state index is 14.0. The van der Waals surface area contributed by atoms with E-state index in [1.807, 2.05) is 0 Å². The number of aliphatic hydroxyl groups is 3. The summed E-state index contributed by atoms with van der Waals surface area (Å²) in [7, 11) is 3.09. The molecule has 7 N–H and O–H groups in total. The molecule has 0 saturated heterocycles. The lowest BCUT2D eigenvalue weighted by Gasteiger charge is -2.50. The minimum Gasteiger partial charge on any atom is -0.508 e. The third-order valence-corrected chi connectivity index (χ3v) is 9.04. The van der Waals surface area contributed by atoms with Crippen LogP contribution in [0, 0.1) is 11.8 Å². The van der Waals surface area contributed by atoms with Crippen LogP contribution >= 0.6 is 0 Å². The summed E-state index contributed by atoms with van der Waals surface area (Å²) in [5.74, 6) is -6.91. The zero-order chi connectivity index (χ0) is 32.4. The van der Waals surface area contributed by atoms with Gasteiger partial charge in [-0.25, -0.2) is 0 Å². The van der Waals surface area contributed by atoms with E-state index in [2.05, 4.69) is 5.32 Å². The fraction of sp³-hybridized carbons (Fsp3) is 0.273. The highest BCUT2D eigenvalue weighted by Crippen LogP contribution is 2.53. The molecule has 45 heavy (non-hydrogen) atoms. The average molecular weight is 614 g/mol. The number of likely N-dealkylation sites (N-methyl/N-ethyl adjacent to an activating group) is 1. The highest BCUT2D eigenvalue weighted by atomic mass is 16.3. The number of ketones is 2. The zero-order valence-electron chi connectivity index (χ0n) is 24.4. The van der Waals surface area contributed by atoms with Crippen LogP contribution in [0.1, 0.15) is 33.7 Å². The number of furan rings is 1. The molecule has 0 spiro atoms. The number of rotatable bonds is 6. The van der Waals surface area contributed by atoms with Crippen molar-refractivity contribution >= 4 is 29.1 Å². The van der Waals surface area contributed by atoms with Crippen LogP contribution in [-0.4, -0.2) is 74.4 Å². The van der Waals surface area contributed by atoms with Gasteiger partial charge in [-0.3, -0.25) is 24.1 Å². The highest BCUT2D eigenvalue weighted by molar-refractivity contribution is 6.24. The Labute approximate surface area is 257 Å². The molecule has 232 valence electrons. The molecule has 2 aromatic carbocycles. The van der Waals surface area contributed by atoms with E-state index in [0.717, 1.165) is 0 Å². The van der Waals surface area contributed by atoms with Crippen molar-refractivity contribution in [1.82, 2.24) is 10.2 Å². The molecule has 1 saturated carbocycles. The molecule has 0 bridgehead atoms. The number of aliphatic hydroxyl groups excluding tert-OH is 2. The molecule has 1 fully saturated rings. The third-order valence-electron chi connectivity index (χ3n) is 9.04. The van der Waals surface area contributed by atoms with Gasteiger partial charge in [0.15, 0.2) is 11.4 Å². The number of fused-ring (bicyclic) bond motifs is 3. The van der Waals surface area contributed by atoms with E-state index < -0.39 is 58.0 Å². The van der Waals surface area contributed by atoms with Crippen LogP contribution in [-0.2, 0) is 27.3 Å². The molecule has 1 heterocycles. The summed E-state index contributed by atoms with van der Waals surface area (Å²) in [6, 6.07) is 12.1. The summed E-state index contributed by atoms with van der Waals surface area (Å²) in [5.41, 5.74) is 3.58. The van der Waals surface area contributed by atoms with Gasteiger partial charge in [0.2, 0.25) is 5.78 Å². The topological polar surface area (TPSA) is 204 Å². The monoisotopic (exact) mass is 613 g/mol. The van der Waals surface area contributed by atoms with Gasteiger partial charge in [0.1, 0.15) is 28.6 Å². The molecule has 2 amide bonds. The van der Waals surface area contributed by atoms with Crippen LogP contribution in [0.3, 0.4) is 0 Å². The molecular weight excluding hydrogens is 582 g/mol. The van der Waals surface area contributed by atoms with E-state index in [-0.39, 0.29) is 42.2 Å². The Kier molecular flexibility index (Phi) is 7.13. The summed E-state index contributed by atoms with van der Waals surface area (Å²) >= 11 is 0. The van der Waals surface area contributed by atoms with Crippen molar-refractivity contribution in [3.8, 4) is 16.9 Å². The standard InChI is InChI=1S/C33H31N3O9/c1-36(2)26-21-13-17-12-20-19(15-5-3-6-16(11-15)32(43)35-14-18-7-4-10-45-18)8-9-22(37)24(20)27(38)23(17)29(40)33(21,44)30(41)25(28(26)39)31(34)42/h3-11,17,21,26,37-38,41,44H,12-14H2,1-2H3,(H2,34,42)(H,35,43)/t17-,21-,26+,33-/m0/s1. The highest BCUT2D eigenvalue weighted by Gasteiger charge is 2.64. The fourth-order valence-electron chi connectivity index (χ4n) is 7.03. The van der Waals surface area contributed by atoms with Crippen molar-refractivity contribution in [3.63, 3.8) is 0 Å². The number of hydrogen-bond donors (Lipinski definition) is 6. The van der Waals surface area contributed by atoms with Gasteiger partial charge < -0.3 is 35.9 Å². The predicted molar refractivity (Wildman–Crippen MR) is 160 cm³/mol. The summed E-state index contributed by atoms with van der Waals surface area (Å²) in [4.78, 5) is 53.9. The Morgan fingerprint density at radius 1 is 1.09 bits per heavy atom. The molecule has 3 aromatic rings. The van der Waals surface area contributed by atoms with Gasteiger partial charge in [0, 0.05) is 17.1 Å². The summed E-state index contributed by atoms with van der Waals surface area (Å²) < 4.78 is 5.27. The number of carbonyl (C=O) groups is 4. The molecule has 12 nitrogen and oxygen atoms in total. The number of nitrogens with two attached hydrogens (primary N) is 1. The van der Waals surface area contributed by atoms with Gasteiger partial charge >= 0.3 is 0 Å².